The van der Waals surface area contributed by atoms with E-state index in [0.29, 0.717) is 12.6 Å². The average molecular weight is 289 g/mol. The van der Waals surface area contributed by atoms with Crippen LogP contribution < -0.4 is 10.5 Å². The number of piperazine rings is 1. The molecule has 4 nitrogen and oxygen atoms in total. The summed E-state index contributed by atoms with van der Waals surface area (Å²) >= 11 is 0. The van der Waals surface area contributed by atoms with Crippen molar-refractivity contribution in [2.24, 2.45) is 0 Å². The standard InChI is InChI=1S/C17H27N3O/c1-3-21-17-7-6-15(18)9-14(17)11-20-12-16-5-4-8-19(16)10-13(20)2/h6-7,9,13,16H,3-5,8,10-12,18H2,1-2H3. The van der Waals surface area contributed by atoms with Gasteiger partial charge in [0.25, 0.3) is 0 Å². The first kappa shape index (κ1) is 14.7. The van der Waals surface area contributed by atoms with Crippen LogP contribution in [0, 0.1) is 0 Å². The van der Waals surface area contributed by atoms with E-state index in [0.717, 1.165) is 24.0 Å². The van der Waals surface area contributed by atoms with Crippen molar-refractivity contribution >= 4 is 5.69 Å². The number of nitrogen functional groups attached to an aromatic ring is 1. The maximum Gasteiger partial charge on any atom is 0.123 e. The maximum atomic E-state index is 5.97. The Labute approximate surface area is 127 Å². The fourth-order valence-corrected chi connectivity index (χ4v) is 3.71. The minimum absolute atomic E-state index is 0.593. The molecule has 0 amide bonds. The lowest BCUT2D eigenvalue weighted by Gasteiger charge is -2.42. The van der Waals surface area contributed by atoms with Crippen molar-refractivity contribution < 1.29 is 4.74 Å². The lowest BCUT2D eigenvalue weighted by Crippen LogP contribution is -2.54. The van der Waals surface area contributed by atoms with Gasteiger partial charge in [0, 0.05) is 43.0 Å². The first-order valence-electron chi connectivity index (χ1n) is 8.16. The molecule has 21 heavy (non-hydrogen) atoms. The molecule has 2 unspecified atom stereocenters. The van der Waals surface area contributed by atoms with Crippen LogP contribution in [0.15, 0.2) is 18.2 Å². The summed E-state index contributed by atoms with van der Waals surface area (Å²) in [7, 11) is 0. The predicted molar refractivity (Wildman–Crippen MR) is 86.5 cm³/mol. The number of rotatable bonds is 4. The summed E-state index contributed by atoms with van der Waals surface area (Å²) in [4.78, 5) is 5.24. The number of benzene rings is 1. The van der Waals surface area contributed by atoms with Gasteiger partial charge in [-0.2, -0.15) is 0 Å². The van der Waals surface area contributed by atoms with Crippen LogP contribution in [0.3, 0.4) is 0 Å². The molecule has 3 rings (SSSR count). The molecule has 0 aliphatic carbocycles. The molecule has 2 saturated heterocycles. The molecule has 0 saturated carbocycles. The molecule has 1 aromatic rings. The number of nitrogens with zero attached hydrogens (tertiary/aromatic N) is 2. The molecule has 1 aromatic carbocycles. The first-order chi connectivity index (χ1) is 10.2. The zero-order valence-corrected chi connectivity index (χ0v) is 13.2. The molecule has 0 spiro atoms. The lowest BCUT2D eigenvalue weighted by atomic mass is 10.1. The summed E-state index contributed by atoms with van der Waals surface area (Å²) in [6.07, 6.45) is 2.70. The smallest absolute Gasteiger partial charge is 0.123 e. The summed E-state index contributed by atoms with van der Waals surface area (Å²) in [5.41, 5.74) is 8.00. The third kappa shape index (κ3) is 3.16. The predicted octanol–water partition coefficient (Wildman–Crippen LogP) is 2.34. The Morgan fingerprint density at radius 2 is 2.19 bits per heavy atom. The van der Waals surface area contributed by atoms with E-state index in [2.05, 4.69) is 22.8 Å². The highest BCUT2D eigenvalue weighted by Crippen LogP contribution is 2.28. The monoisotopic (exact) mass is 289 g/mol. The SMILES string of the molecule is CCOc1ccc(N)cc1CN1CC2CCCN2CC1C. The summed E-state index contributed by atoms with van der Waals surface area (Å²) in [6.45, 7) is 9.64. The van der Waals surface area contributed by atoms with E-state index in [9.17, 15) is 0 Å². The molecule has 2 N–H and O–H groups in total. The van der Waals surface area contributed by atoms with Gasteiger partial charge in [0.15, 0.2) is 0 Å². The Kier molecular flexibility index (Phi) is 4.36. The van der Waals surface area contributed by atoms with Crippen molar-refractivity contribution in [3.63, 3.8) is 0 Å². The second kappa shape index (κ2) is 6.24. The maximum absolute atomic E-state index is 5.97. The van der Waals surface area contributed by atoms with Crippen LogP contribution in [-0.4, -0.2) is 48.1 Å². The Morgan fingerprint density at radius 3 is 3.00 bits per heavy atom. The van der Waals surface area contributed by atoms with E-state index in [1.165, 1.54) is 38.0 Å². The molecule has 0 bridgehead atoms. The Hall–Kier alpha value is -1.26. The van der Waals surface area contributed by atoms with Gasteiger partial charge in [0.1, 0.15) is 5.75 Å². The van der Waals surface area contributed by atoms with Gasteiger partial charge in [0.2, 0.25) is 0 Å². The van der Waals surface area contributed by atoms with E-state index in [4.69, 9.17) is 10.5 Å². The van der Waals surface area contributed by atoms with E-state index < -0.39 is 0 Å². The number of hydrogen-bond acceptors (Lipinski definition) is 4. The van der Waals surface area contributed by atoms with Gasteiger partial charge in [-0.15, -0.1) is 0 Å². The molecular formula is C17H27N3O. The Bertz CT molecular complexity index is 491. The number of nitrogens with two attached hydrogens (primary N) is 1. The fourth-order valence-electron chi connectivity index (χ4n) is 3.71. The summed E-state index contributed by atoms with van der Waals surface area (Å²) < 4.78 is 5.76. The Balaban J connectivity index is 1.74. The van der Waals surface area contributed by atoms with Gasteiger partial charge < -0.3 is 10.5 Å². The molecule has 4 heteroatoms. The fraction of sp³-hybridized carbons (Fsp3) is 0.647. The second-order valence-electron chi connectivity index (χ2n) is 6.37. The average Bonchev–Trinajstić information content (AvgIpc) is 2.89. The van der Waals surface area contributed by atoms with E-state index in [-0.39, 0.29) is 0 Å². The van der Waals surface area contributed by atoms with Crippen molar-refractivity contribution in [1.82, 2.24) is 9.80 Å². The van der Waals surface area contributed by atoms with Crippen LogP contribution >= 0.6 is 0 Å². The van der Waals surface area contributed by atoms with Crippen LogP contribution in [0.1, 0.15) is 32.3 Å². The van der Waals surface area contributed by atoms with Crippen LogP contribution in [-0.2, 0) is 6.54 Å². The number of fused-ring (bicyclic) bond motifs is 1. The van der Waals surface area contributed by atoms with E-state index in [1.54, 1.807) is 0 Å². The third-order valence-electron chi connectivity index (χ3n) is 4.82. The lowest BCUT2D eigenvalue weighted by molar-refractivity contribution is 0.0534. The van der Waals surface area contributed by atoms with Gasteiger partial charge >= 0.3 is 0 Å². The van der Waals surface area contributed by atoms with Gasteiger partial charge in [-0.1, -0.05) is 0 Å². The van der Waals surface area contributed by atoms with Crippen LogP contribution in [0.2, 0.25) is 0 Å². The molecule has 2 aliphatic heterocycles. The number of anilines is 1. The van der Waals surface area contributed by atoms with Crippen LogP contribution in [0.5, 0.6) is 5.75 Å². The highest BCUT2D eigenvalue weighted by Gasteiger charge is 2.34. The molecule has 2 atom stereocenters. The van der Waals surface area contributed by atoms with Crippen molar-refractivity contribution in [2.75, 3.05) is 32.0 Å². The summed E-state index contributed by atoms with van der Waals surface area (Å²) in [5.74, 6) is 0.979. The summed E-state index contributed by atoms with van der Waals surface area (Å²) in [6, 6.07) is 7.34. The largest absolute Gasteiger partial charge is 0.494 e. The van der Waals surface area contributed by atoms with Gasteiger partial charge in [-0.3, -0.25) is 9.80 Å². The molecule has 0 radical (unpaired) electrons. The van der Waals surface area contributed by atoms with Gasteiger partial charge in [-0.25, -0.2) is 0 Å². The zero-order valence-electron chi connectivity index (χ0n) is 13.2. The zero-order chi connectivity index (χ0) is 14.8. The molecule has 116 valence electrons. The number of hydrogen-bond donors (Lipinski definition) is 1. The normalized spacial score (nSPS) is 26.8. The minimum atomic E-state index is 0.593. The van der Waals surface area contributed by atoms with E-state index in [1.807, 2.05) is 19.1 Å². The highest BCUT2D eigenvalue weighted by atomic mass is 16.5. The van der Waals surface area contributed by atoms with E-state index >= 15 is 0 Å². The van der Waals surface area contributed by atoms with Crippen LogP contribution in [0.4, 0.5) is 5.69 Å². The summed E-state index contributed by atoms with van der Waals surface area (Å²) in [5, 5.41) is 0. The topological polar surface area (TPSA) is 41.7 Å². The minimum Gasteiger partial charge on any atom is -0.494 e. The van der Waals surface area contributed by atoms with Crippen molar-refractivity contribution in [3.8, 4) is 5.75 Å². The number of ether oxygens (including phenoxy) is 1. The van der Waals surface area contributed by atoms with Crippen LogP contribution in [0.25, 0.3) is 0 Å². The van der Waals surface area contributed by atoms with Crippen molar-refractivity contribution in [2.45, 2.75) is 45.3 Å². The van der Waals surface area contributed by atoms with Crippen molar-refractivity contribution in [3.05, 3.63) is 23.8 Å². The highest BCUT2D eigenvalue weighted by molar-refractivity contribution is 5.47. The van der Waals surface area contributed by atoms with Gasteiger partial charge in [-0.05, 0) is 51.4 Å². The third-order valence-corrected chi connectivity index (χ3v) is 4.82. The second-order valence-corrected chi connectivity index (χ2v) is 6.37. The van der Waals surface area contributed by atoms with Gasteiger partial charge in [0.05, 0.1) is 6.61 Å². The molecular weight excluding hydrogens is 262 g/mol. The molecule has 2 aliphatic rings. The quantitative estimate of drug-likeness (QED) is 0.864. The van der Waals surface area contributed by atoms with Crippen molar-refractivity contribution in [1.29, 1.82) is 0 Å². The molecule has 2 fully saturated rings. The molecule has 0 aromatic heterocycles. The Morgan fingerprint density at radius 1 is 1.33 bits per heavy atom. The first-order valence-corrected chi connectivity index (χ1v) is 8.16. The molecule has 2 heterocycles.